The number of rotatable bonds is 2. The molecule has 0 saturated heterocycles. The van der Waals surface area contributed by atoms with Crippen molar-refractivity contribution >= 4 is 34.7 Å². The summed E-state index contributed by atoms with van der Waals surface area (Å²) < 4.78 is 0. The molecule has 2 aromatic rings. The largest absolute Gasteiger partial charge is 0.385 e. The van der Waals surface area contributed by atoms with Crippen LogP contribution in [0.4, 0.5) is 5.69 Å². The Morgan fingerprint density at radius 2 is 1.95 bits per heavy atom. The van der Waals surface area contributed by atoms with Crippen LogP contribution in [-0.2, 0) is 6.42 Å². The molecule has 0 radical (unpaired) electrons. The number of carbonyl (C=O) groups excluding carboxylic acids is 1. The fourth-order valence-corrected chi connectivity index (χ4v) is 2.91. The number of nitrogens with one attached hydrogen (secondary N) is 1. The molecule has 0 unspecified atom stereocenters. The van der Waals surface area contributed by atoms with Crippen molar-refractivity contribution in [3.8, 4) is 0 Å². The normalized spacial score (nSPS) is 13.5. The fourth-order valence-electron chi connectivity index (χ4n) is 2.54. The molecule has 0 spiro atoms. The molecule has 1 aliphatic heterocycles. The van der Waals surface area contributed by atoms with Crippen molar-refractivity contribution in [1.29, 1.82) is 0 Å². The van der Waals surface area contributed by atoms with E-state index in [0.717, 1.165) is 30.6 Å². The molecule has 1 heterocycles. The Morgan fingerprint density at radius 1 is 1.10 bits per heavy atom. The summed E-state index contributed by atoms with van der Waals surface area (Å²) >= 11 is 12.1. The Balaban J connectivity index is 2.09. The molecule has 4 heteroatoms. The van der Waals surface area contributed by atoms with Gasteiger partial charge in [0.25, 0.3) is 0 Å². The standard InChI is InChI=1S/C16H13Cl2NO/c17-10-6-7-14(18)13(9-10)16(20)12-3-1-5-15-11(12)4-2-8-19-15/h1,3,5-7,9,19H,2,4,8H2. The van der Waals surface area contributed by atoms with E-state index in [1.807, 2.05) is 18.2 Å². The predicted octanol–water partition coefficient (Wildman–Crippen LogP) is 4.58. The van der Waals surface area contributed by atoms with Crippen LogP contribution in [0.25, 0.3) is 0 Å². The molecule has 0 bridgehead atoms. The topological polar surface area (TPSA) is 29.1 Å². The predicted molar refractivity (Wildman–Crippen MR) is 83.1 cm³/mol. The molecule has 20 heavy (non-hydrogen) atoms. The van der Waals surface area contributed by atoms with Crippen molar-refractivity contribution in [2.75, 3.05) is 11.9 Å². The number of hydrogen-bond donors (Lipinski definition) is 1. The number of ketones is 1. The summed E-state index contributed by atoms with van der Waals surface area (Å²) in [7, 11) is 0. The maximum atomic E-state index is 12.7. The highest BCUT2D eigenvalue weighted by atomic mass is 35.5. The molecule has 2 nitrogen and oxygen atoms in total. The highest BCUT2D eigenvalue weighted by molar-refractivity contribution is 6.36. The lowest BCUT2D eigenvalue weighted by Crippen LogP contribution is -2.16. The van der Waals surface area contributed by atoms with Crippen molar-refractivity contribution in [3.63, 3.8) is 0 Å². The van der Waals surface area contributed by atoms with E-state index in [0.29, 0.717) is 21.2 Å². The first-order valence-electron chi connectivity index (χ1n) is 6.52. The van der Waals surface area contributed by atoms with Gasteiger partial charge in [-0.2, -0.15) is 0 Å². The van der Waals surface area contributed by atoms with Gasteiger partial charge in [-0.1, -0.05) is 35.3 Å². The van der Waals surface area contributed by atoms with Crippen LogP contribution in [0.3, 0.4) is 0 Å². The van der Waals surface area contributed by atoms with E-state index in [-0.39, 0.29) is 5.78 Å². The van der Waals surface area contributed by atoms with Gasteiger partial charge in [0.15, 0.2) is 5.78 Å². The average Bonchev–Trinajstić information content (AvgIpc) is 2.48. The van der Waals surface area contributed by atoms with Crippen molar-refractivity contribution in [2.45, 2.75) is 12.8 Å². The first kappa shape index (κ1) is 13.5. The van der Waals surface area contributed by atoms with E-state index in [2.05, 4.69) is 5.32 Å². The van der Waals surface area contributed by atoms with Crippen LogP contribution in [0.2, 0.25) is 10.0 Å². The highest BCUT2D eigenvalue weighted by Crippen LogP contribution is 2.29. The summed E-state index contributed by atoms with van der Waals surface area (Å²) in [4.78, 5) is 12.7. The zero-order valence-corrected chi connectivity index (χ0v) is 12.3. The zero-order chi connectivity index (χ0) is 14.1. The third-order valence-corrected chi connectivity index (χ3v) is 4.08. The maximum absolute atomic E-state index is 12.7. The summed E-state index contributed by atoms with van der Waals surface area (Å²) in [5.41, 5.74) is 3.28. The highest BCUT2D eigenvalue weighted by Gasteiger charge is 2.20. The summed E-state index contributed by atoms with van der Waals surface area (Å²) in [5.74, 6) is -0.0712. The number of benzene rings is 2. The minimum atomic E-state index is -0.0712. The number of anilines is 1. The van der Waals surface area contributed by atoms with E-state index in [1.165, 1.54) is 0 Å². The number of halogens is 2. The van der Waals surface area contributed by atoms with Crippen LogP contribution >= 0.6 is 23.2 Å². The Morgan fingerprint density at radius 3 is 2.80 bits per heavy atom. The first-order chi connectivity index (χ1) is 9.66. The molecule has 0 saturated carbocycles. The minimum Gasteiger partial charge on any atom is -0.385 e. The van der Waals surface area contributed by atoms with Gasteiger partial charge in [0.1, 0.15) is 0 Å². The van der Waals surface area contributed by atoms with E-state index in [4.69, 9.17) is 23.2 Å². The van der Waals surface area contributed by atoms with Crippen molar-refractivity contribution in [1.82, 2.24) is 0 Å². The van der Waals surface area contributed by atoms with Crippen LogP contribution in [-0.4, -0.2) is 12.3 Å². The van der Waals surface area contributed by atoms with Gasteiger partial charge in [0.2, 0.25) is 0 Å². The molecule has 1 aliphatic rings. The van der Waals surface area contributed by atoms with Gasteiger partial charge in [-0.05, 0) is 42.7 Å². The SMILES string of the molecule is O=C(c1cc(Cl)ccc1Cl)c1cccc2c1CCCN2. The minimum absolute atomic E-state index is 0.0712. The van der Waals surface area contributed by atoms with Crippen molar-refractivity contribution in [2.24, 2.45) is 0 Å². The Bertz CT molecular complexity index is 682. The summed E-state index contributed by atoms with van der Waals surface area (Å²) in [6, 6.07) is 10.7. The smallest absolute Gasteiger partial charge is 0.194 e. The maximum Gasteiger partial charge on any atom is 0.194 e. The van der Waals surface area contributed by atoms with Gasteiger partial charge in [-0.15, -0.1) is 0 Å². The lowest BCUT2D eigenvalue weighted by atomic mass is 9.92. The Hall–Kier alpha value is -1.51. The van der Waals surface area contributed by atoms with Crippen molar-refractivity contribution < 1.29 is 4.79 Å². The van der Waals surface area contributed by atoms with Gasteiger partial charge in [-0.3, -0.25) is 4.79 Å². The molecule has 102 valence electrons. The van der Waals surface area contributed by atoms with Crippen LogP contribution in [0.5, 0.6) is 0 Å². The number of fused-ring (bicyclic) bond motifs is 1. The lowest BCUT2D eigenvalue weighted by Gasteiger charge is -2.20. The van der Waals surface area contributed by atoms with Crippen LogP contribution in [0.1, 0.15) is 27.9 Å². The van der Waals surface area contributed by atoms with Crippen molar-refractivity contribution in [3.05, 3.63) is 63.1 Å². The summed E-state index contributed by atoms with van der Waals surface area (Å²) in [6.45, 7) is 0.947. The Labute approximate surface area is 127 Å². The van der Waals surface area contributed by atoms with Crippen LogP contribution in [0, 0.1) is 0 Å². The molecule has 3 rings (SSSR count). The third kappa shape index (κ3) is 2.41. The molecular formula is C16H13Cl2NO. The van der Waals surface area contributed by atoms with E-state index in [1.54, 1.807) is 18.2 Å². The summed E-state index contributed by atoms with van der Waals surface area (Å²) in [5, 5.41) is 4.27. The average molecular weight is 306 g/mol. The second-order valence-corrected chi connectivity index (χ2v) is 5.66. The van der Waals surface area contributed by atoms with Crippen LogP contribution < -0.4 is 5.32 Å². The fraction of sp³-hybridized carbons (Fsp3) is 0.188. The van der Waals surface area contributed by atoms with Gasteiger partial charge in [0, 0.05) is 28.4 Å². The van der Waals surface area contributed by atoms with Gasteiger partial charge in [0.05, 0.1) is 5.02 Å². The Kier molecular flexibility index (Phi) is 3.68. The zero-order valence-electron chi connectivity index (χ0n) is 10.7. The van der Waals surface area contributed by atoms with E-state index < -0.39 is 0 Å². The number of hydrogen-bond acceptors (Lipinski definition) is 2. The quantitative estimate of drug-likeness (QED) is 0.823. The summed E-state index contributed by atoms with van der Waals surface area (Å²) in [6.07, 6.45) is 1.93. The molecule has 0 amide bonds. The van der Waals surface area contributed by atoms with Crippen LogP contribution in [0.15, 0.2) is 36.4 Å². The third-order valence-electron chi connectivity index (χ3n) is 3.51. The second kappa shape index (κ2) is 5.47. The molecular weight excluding hydrogens is 293 g/mol. The van der Waals surface area contributed by atoms with Gasteiger partial charge < -0.3 is 5.32 Å². The molecule has 0 fully saturated rings. The second-order valence-electron chi connectivity index (χ2n) is 4.82. The molecule has 0 aliphatic carbocycles. The van der Waals surface area contributed by atoms with E-state index >= 15 is 0 Å². The molecule has 0 atom stereocenters. The van der Waals surface area contributed by atoms with E-state index in [9.17, 15) is 4.79 Å². The van der Waals surface area contributed by atoms with Gasteiger partial charge in [-0.25, -0.2) is 0 Å². The monoisotopic (exact) mass is 305 g/mol. The van der Waals surface area contributed by atoms with Gasteiger partial charge >= 0.3 is 0 Å². The number of carbonyl (C=O) groups is 1. The molecule has 0 aromatic heterocycles. The lowest BCUT2D eigenvalue weighted by molar-refractivity contribution is 0.103. The molecule has 2 aromatic carbocycles. The molecule has 1 N–H and O–H groups in total. The first-order valence-corrected chi connectivity index (χ1v) is 7.28.